The fraction of sp³-hybridized carbons (Fsp3) is 0.875. The zero-order chi connectivity index (χ0) is 19.6. The molecule has 2 fully saturated rings. The summed E-state index contributed by atoms with van der Waals surface area (Å²) in [5, 5.41) is 60.8. The van der Waals surface area contributed by atoms with Crippen molar-refractivity contribution < 1.29 is 49.6 Å². The summed E-state index contributed by atoms with van der Waals surface area (Å²) < 4.78 is 21.2. The maximum Gasteiger partial charge on any atom is 0.189 e. The van der Waals surface area contributed by atoms with Crippen LogP contribution in [-0.2, 0) is 18.9 Å². The zero-order valence-electron chi connectivity index (χ0n) is 14.7. The molecule has 6 N–H and O–H groups in total. The van der Waals surface area contributed by atoms with Gasteiger partial charge in [0.2, 0.25) is 0 Å². The van der Waals surface area contributed by atoms with Crippen molar-refractivity contribution in [2.75, 3.05) is 13.7 Å². The third-order valence-corrected chi connectivity index (χ3v) is 4.78. The summed E-state index contributed by atoms with van der Waals surface area (Å²) in [7, 11) is 1.37. The van der Waals surface area contributed by atoms with E-state index in [1.807, 2.05) is 0 Å². The predicted octanol–water partition coefficient (Wildman–Crippen LogP) is -2.77. The highest BCUT2D eigenvalue weighted by atomic mass is 16.8. The maximum absolute atomic E-state index is 10.4. The van der Waals surface area contributed by atoms with Crippen molar-refractivity contribution in [3.63, 3.8) is 0 Å². The van der Waals surface area contributed by atoms with Crippen LogP contribution in [0.25, 0.3) is 0 Å². The molecule has 26 heavy (non-hydrogen) atoms. The Kier molecular flexibility index (Phi) is 7.13. The molecule has 10 heteroatoms. The van der Waals surface area contributed by atoms with Crippen molar-refractivity contribution in [1.82, 2.24) is 0 Å². The molecule has 2 aliphatic rings. The molecule has 0 saturated carbocycles. The first-order chi connectivity index (χ1) is 12.1. The maximum atomic E-state index is 10.4. The van der Waals surface area contributed by atoms with Crippen LogP contribution in [0.1, 0.15) is 13.3 Å². The molecule has 0 bridgehead atoms. The van der Waals surface area contributed by atoms with Crippen LogP contribution in [0.3, 0.4) is 0 Å². The monoisotopic (exact) mass is 380 g/mol. The lowest BCUT2D eigenvalue weighted by Crippen LogP contribution is -2.67. The van der Waals surface area contributed by atoms with E-state index in [-0.39, 0.29) is 13.0 Å². The molecule has 2 heterocycles. The van der Waals surface area contributed by atoms with Gasteiger partial charge in [-0.25, -0.2) is 0 Å². The molecular formula is C16H28O10. The minimum absolute atomic E-state index is 0.0750. The summed E-state index contributed by atoms with van der Waals surface area (Å²) in [6, 6.07) is 0. The van der Waals surface area contributed by atoms with Crippen LogP contribution in [-0.4, -0.2) is 105 Å². The molecule has 0 aromatic heterocycles. The normalized spacial score (nSPS) is 49.8. The van der Waals surface area contributed by atoms with Crippen molar-refractivity contribution in [3.8, 4) is 0 Å². The first-order valence-corrected chi connectivity index (χ1v) is 8.34. The van der Waals surface area contributed by atoms with Gasteiger partial charge in [0.25, 0.3) is 0 Å². The lowest BCUT2D eigenvalue weighted by atomic mass is 9.84. The Labute approximate surface area is 151 Å². The minimum atomic E-state index is -1.96. The Bertz CT molecular complexity index is 472. The molecule has 2 rings (SSSR count). The first kappa shape index (κ1) is 21.6. The molecular weight excluding hydrogens is 352 g/mol. The molecule has 0 amide bonds. The molecule has 0 aromatic rings. The number of hydrogen-bond acceptors (Lipinski definition) is 10. The summed E-state index contributed by atoms with van der Waals surface area (Å²) >= 11 is 0. The van der Waals surface area contributed by atoms with E-state index in [2.05, 4.69) is 6.58 Å². The lowest BCUT2D eigenvalue weighted by Gasteiger charge is -2.48. The van der Waals surface area contributed by atoms with E-state index < -0.39 is 60.9 Å². The smallest absolute Gasteiger partial charge is 0.189 e. The second kappa shape index (κ2) is 8.57. The number of rotatable bonds is 6. The fourth-order valence-electron chi connectivity index (χ4n) is 3.07. The second-order valence-corrected chi connectivity index (χ2v) is 6.79. The fourth-order valence-corrected chi connectivity index (χ4v) is 3.07. The molecule has 5 unspecified atom stereocenters. The highest BCUT2D eigenvalue weighted by molar-refractivity contribution is 5.01. The van der Waals surface area contributed by atoms with Gasteiger partial charge in [-0.3, -0.25) is 0 Å². The SMILES string of the molecule is C=CCC1O[C@H](O[C@H]2OC(COC)[C@@H](O)C(O)C2O)C(O)[C@](C)(O)[C@@H]1O. The van der Waals surface area contributed by atoms with Crippen molar-refractivity contribution in [3.05, 3.63) is 12.7 Å². The van der Waals surface area contributed by atoms with Crippen LogP contribution >= 0.6 is 0 Å². The topological polar surface area (TPSA) is 158 Å². The third kappa shape index (κ3) is 4.09. The van der Waals surface area contributed by atoms with Crippen LogP contribution in [0, 0.1) is 0 Å². The second-order valence-electron chi connectivity index (χ2n) is 6.79. The zero-order valence-corrected chi connectivity index (χ0v) is 14.7. The van der Waals surface area contributed by atoms with E-state index in [1.165, 1.54) is 20.1 Å². The van der Waals surface area contributed by atoms with Crippen LogP contribution in [0.2, 0.25) is 0 Å². The van der Waals surface area contributed by atoms with Crippen molar-refractivity contribution in [1.29, 1.82) is 0 Å². The number of hydrogen-bond donors (Lipinski definition) is 6. The van der Waals surface area contributed by atoms with Gasteiger partial charge >= 0.3 is 0 Å². The molecule has 0 radical (unpaired) electrons. The van der Waals surface area contributed by atoms with Gasteiger partial charge in [0, 0.05) is 7.11 Å². The van der Waals surface area contributed by atoms with Crippen LogP contribution in [0.4, 0.5) is 0 Å². The average molecular weight is 380 g/mol. The average Bonchev–Trinajstić information content (AvgIpc) is 2.60. The quantitative estimate of drug-likeness (QED) is 0.266. The summed E-state index contributed by atoms with van der Waals surface area (Å²) in [4.78, 5) is 0. The molecule has 152 valence electrons. The van der Waals surface area contributed by atoms with E-state index in [0.717, 1.165) is 0 Å². The van der Waals surface area contributed by atoms with Gasteiger partial charge < -0.3 is 49.6 Å². The van der Waals surface area contributed by atoms with Gasteiger partial charge in [0.1, 0.15) is 42.2 Å². The van der Waals surface area contributed by atoms with Gasteiger partial charge in [-0.2, -0.15) is 0 Å². The Balaban J connectivity index is 2.15. The molecule has 10 atom stereocenters. The summed E-state index contributed by atoms with van der Waals surface area (Å²) in [5.74, 6) is 0. The minimum Gasteiger partial charge on any atom is -0.387 e. The number of ether oxygens (including phenoxy) is 4. The standard InChI is InChI=1S/C16H28O10/c1-4-5-7-12(20)16(2,22)13(21)15(24-7)26-14-11(19)10(18)9(17)8(25-14)6-23-3/h4,7-15,17-22H,1,5-6H2,2-3H3/t7?,8?,9-,10?,11?,12-,13?,14-,15-,16-/m1/s1. The third-order valence-electron chi connectivity index (χ3n) is 4.78. The summed E-state index contributed by atoms with van der Waals surface area (Å²) in [6.45, 7) is 4.69. The molecule has 0 spiro atoms. The summed E-state index contributed by atoms with van der Waals surface area (Å²) in [6.07, 6.45) is -10.9. The number of aliphatic hydroxyl groups is 6. The van der Waals surface area contributed by atoms with Crippen molar-refractivity contribution in [2.24, 2.45) is 0 Å². The summed E-state index contributed by atoms with van der Waals surface area (Å²) in [5.41, 5.74) is -1.96. The van der Waals surface area contributed by atoms with E-state index in [4.69, 9.17) is 18.9 Å². The highest BCUT2D eigenvalue weighted by Gasteiger charge is 2.54. The molecule has 2 saturated heterocycles. The van der Waals surface area contributed by atoms with Crippen molar-refractivity contribution in [2.45, 2.75) is 74.3 Å². The predicted molar refractivity (Wildman–Crippen MR) is 85.8 cm³/mol. The molecule has 2 aliphatic heterocycles. The van der Waals surface area contributed by atoms with Crippen LogP contribution in [0.15, 0.2) is 12.7 Å². The van der Waals surface area contributed by atoms with E-state index in [0.29, 0.717) is 0 Å². The highest BCUT2D eigenvalue weighted by Crippen LogP contribution is 2.34. The van der Waals surface area contributed by atoms with E-state index >= 15 is 0 Å². The van der Waals surface area contributed by atoms with E-state index in [1.54, 1.807) is 0 Å². The molecule has 10 nitrogen and oxygen atoms in total. The molecule has 0 aromatic carbocycles. The van der Waals surface area contributed by atoms with Gasteiger partial charge in [0.15, 0.2) is 12.6 Å². The lowest BCUT2D eigenvalue weighted by molar-refractivity contribution is -0.386. The van der Waals surface area contributed by atoms with Crippen LogP contribution in [0.5, 0.6) is 0 Å². The van der Waals surface area contributed by atoms with Crippen molar-refractivity contribution >= 4 is 0 Å². The van der Waals surface area contributed by atoms with Gasteiger partial charge in [-0.1, -0.05) is 6.08 Å². The van der Waals surface area contributed by atoms with E-state index in [9.17, 15) is 30.6 Å². The van der Waals surface area contributed by atoms with Crippen LogP contribution < -0.4 is 0 Å². The Hall–Kier alpha value is -0.660. The largest absolute Gasteiger partial charge is 0.387 e. The number of methoxy groups -OCH3 is 1. The van der Waals surface area contributed by atoms with Gasteiger partial charge in [-0.15, -0.1) is 6.58 Å². The Morgan fingerprint density at radius 3 is 2.15 bits per heavy atom. The Morgan fingerprint density at radius 1 is 0.962 bits per heavy atom. The Morgan fingerprint density at radius 2 is 1.58 bits per heavy atom. The van der Waals surface area contributed by atoms with Gasteiger partial charge in [0.05, 0.1) is 12.7 Å². The van der Waals surface area contributed by atoms with Gasteiger partial charge in [-0.05, 0) is 13.3 Å². The first-order valence-electron chi connectivity index (χ1n) is 8.34. The molecule has 0 aliphatic carbocycles. The number of aliphatic hydroxyl groups excluding tert-OH is 5.